The summed E-state index contributed by atoms with van der Waals surface area (Å²) >= 11 is 4.65. The lowest BCUT2D eigenvalue weighted by Gasteiger charge is -2.14. The van der Waals surface area contributed by atoms with Crippen molar-refractivity contribution in [2.45, 2.75) is 30.3 Å². The molecule has 0 atom stereocenters. The van der Waals surface area contributed by atoms with Crippen molar-refractivity contribution < 1.29 is 22.7 Å². The summed E-state index contributed by atoms with van der Waals surface area (Å²) in [4.78, 5) is 12.1. The lowest BCUT2D eigenvalue weighted by atomic mass is 10.1. The van der Waals surface area contributed by atoms with E-state index >= 15 is 0 Å². The Morgan fingerprint density at radius 1 is 1.43 bits per heavy atom. The van der Waals surface area contributed by atoms with Crippen molar-refractivity contribution >= 4 is 33.7 Å². The minimum absolute atomic E-state index is 0.0557. The molecule has 1 aromatic carbocycles. The van der Waals surface area contributed by atoms with Crippen LogP contribution in [0.2, 0.25) is 0 Å². The summed E-state index contributed by atoms with van der Waals surface area (Å²) < 4.78 is 42.9. The normalized spacial score (nSPS) is 16.6. The third-order valence-electron chi connectivity index (χ3n) is 3.50. The predicted octanol–water partition coefficient (Wildman–Crippen LogP) is 4.90. The van der Waals surface area contributed by atoms with Crippen LogP contribution in [0.4, 0.5) is 13.2 Å². The number of halogens is 4. The molecule has 0 amide bonds. The highest BCUT2D eigenvalue weighted by molar-refractivity contribution is 9.10. The first-order valence-corrected chi connectivity index (χ1v) is 8.10. The van der Waals surface area contributed by atoms with E-state index in [1.54, 1.807) is 0 Å². The van der Waals surface area contributed by atoms with Gasteiger partial charge in [-0.15, -0.1) is 11.8 Å². The van der Waals surface area contributed by atoms with Crippen LogP contribution in [0.3, 0.4) is 0 Å². The maximum absolute atomic E-state index is 12.6. The van der Waals surface area contributed by atoms with E-state index in [0.29, 0.717) is 16.6 Å². The summed E-state index contributed by atoms with van der Waals surface area (Å²) in [6.07, 6.45) is -2.07. The van der Waals surface area contributed by atoms with Crippen LogP contribution in [0.25, 0.3) is 0 Å². The lowest BCUT2D eigenvalue weighted by molar-refractivity contribution is -0.142. The molecule has 1 aromatic rings. The van der Waals surface area contributed by atoms with Crippen molar-refractivity contribution in [3.05, 3.63) is 28.2 Å². The monoisotopic (exact) mass is 382 g/mol. The molecule has 0 heterocycles. The second-order valence-electron chi connectivity index (χ2n) is 5.18. The standard InChI is InChI=1S/C14H14BrF3O2S/c1-20-12(19)7-13(4-5-13)8-21-11-3-2-9(6-10(11)15)14(16,17)18/h2-3,6H,4-5,7-8H2,1H3. The van der Waals surface area contributed by atoms with Crippen molar-refractivity contribution in [3.63, 3.8) is 0 Å². The summed E-state index contributed by atoms with van der Waals surface area (Å²) in [5.41, 5.74) is -0.727. The number of carbonyl (C=O) groups is 1. The fourth-order valence-electron chi connectivity index (χ4n) is 1.95. The van der Waals surface area contributed by atoms with Gasteiger partial charge in [-0.1, -0.05) is 0 Å². The van der Waals surface area contributed by atoms with Crippen molar-refractivity contribution in [2.75, 3.05) is 12.9 Å². The van der Waals surface area contributed by atoms with Crippen LogP contribution in [0, 0.1) is 5.41 Å². The Labute approximate surface area is 133 Å². The fraction of sp³-hybridized carbons (Fsp3) is 0.500. The topological polar surface area (TPSA) is 26.3 Å². The van der Waals surface area contributed by atoms with Gasteiger partial charge in [-0.3, -0.25) is 4.79 Å². The number of thioether (sulfide) groups is 1. The Hall–Kier alpha value is -0.690. The molecule has 0 radical (unpaired) electrons. The van der Waals surface area contributed by atoms with Gasteiger partial charge in [0.1, 0.15) is 0 Å². The van der Waals surface area contributed by atoms with Crippen LogP contribution in [0.15, 0.2) is 27.6 Å². The Kier molecular flexibility index (Phi) is 4.92. The molecule has 0 unspecified atom stereocenters. The van der Waals surface area contributed by atoms with Gasteiger partial charge in [0.25, 0.3) is 0 Å². The van der Waals surface area contributed by atoms with Crippen LogP contribution in [0.5, 0.6) is 0 Å². The predicted molar refractivity (Wildman–Crippen MR) is 78.2 cm³/mol. The highest BCUT2D eigenvalue weighted by Crippen LogP contribution is 2.52. The van der Waals surface area contributed by atoms with Crippen molar-refractivity contribution in [1.82, 2.24) is 0 Å². The number of ether oxygens (including phenoxy) is 1. The van der Waals surface area contributed by atoms with E-state index in [4.69, 9.17) is 0 Å². The number of carbonyl (C=O) groups excluding carboxylic acids is 1. The van der Waals surface area contributed by atoms with Gasteiger partial charge >= 0.3 is 12.1 Å². The lowest BCUT2D eigenvalue weighted by Crippen LogP contribution is -2.13. The third kappa shape index (κ3) is 4.39. The SMILES string of the molecule is COC(=O)CC1(CSc2ccc(C(F)(F)F)cc2Br)CC1. The van der Waals surface area contributed by atoms with E-state index in [0.717, 1.165) is 29.9 Å². The summed E-state index contributed by atoms with van der Waals surface area (Å²) in [6.45, 7) is 0. The Morgan fingerprint density at radius 3 is 2.57 bits per heavy atom. The average Bonchev–Trinajstić information content (AvgIpc) is 3.16. The molecule has 0 bridgehead atoms. The number of rotatable bonds is 5. The molecular weight excluding hydrogens is 369 g/mol. The van der Waals surface area contributed by atoms with E-state index in [1.807, 2.05) is 0 Å². The molecule has 1 aliphatic rings. The summed E-state index contributed by atoms with van der Waals surface area (Å²) in [6, 6.07) is 3.63. The third-order valence-corrected chi connectivity index (χ3v) is 5.84. The highest BCUT2D eigenvalue weighted by atomic mass is 79.9. The maximum Gasteiger partial charge on any atom is 0.416 e. The van der Waals surface area contributed by atoms with Gasteiger partial charge in [-0.2, -0.15) is 13.2 Å². The zero-order chi connectivity index (χ0) is 15.7. The van der Waals surface area contributed by atoms with Crippen molar-refractivity contribution in [1.29, 1.82) is 0 Å². The van der Waals surface area contributed by atoms with Crippen LogP contribution in [-0.4, -0.2) is 18.8 Å². The minimum atomic E-state index is -4.34. The Bertz CT molecular complexity index is 542. The van der Waals surface area contributed by atoms with Gasteiger partial charge in [0.05, 0.1) is 19.1 Å². The first-order chi connectivity index (χ1) is 9.76. The zero-order valence-corrected chi connectivity index (χ0v) is 13.7. The number of benzene rings is 1. The first kappa shape index (κ1) is 16.7. The van der Waals surface area contributed by atoms with E-state index in [9.17, 15) is 18.0 Å². The molecule has 0 aliphatic heterocycles. The van der Waals surface area contributed by atoms with Crippen LogP contribution < -0.4 is 0 Å². The van der Waals surface area contributed by atoms with Gasteiger partial charge in [-0.25, -0.2) is 0 Å². The number of hydrogen-bond acceptors (Lipinski definition) is 3. The highest BCUT2D eigenvalue weighted by Gasteiger charge is 2.44. The van der Waals surface area contributed by atoms with Crippen LogP contribution in [0.1, 0.15) is 24.8 Å². The molecule has 0 aromatic heterocycles. The maximum atomic E-state index is 12.6. The molecule has 0 N–H and O–H groups in total. The second-order valence-corrected chi connectivity index (χ2v) is 7.06. The molecule has 1 aliphatic carbocycles. The first-order valence-electron chi connectivity index (χ1n) is 6.32. The summed E-state index contributed by atoms with van der Waals surface area (Å²) in [5, 5.41) is 0. The van der Waals surface area contributed by atoms with E-state index < -0.39 is 11.7 Å². The van der Waals surface area contributed by atoms with E-state index in [-0.39, 0.29) is 11.4 Å². The van der Waals surface area contributed by atoms with Gasteiger partial charge in [0.2, 0.25) is 0 Å². The molecule has 2 rings (SSSR count). The Balaban J connectivity index is 2.00. The van der Waals surface area contributed by atoms with Crippen molar-refractivity contribution in [2.24, 2.45) is 5.41 Å². The minimum Gasteiger partial charge on any atom is -0.469 e. The molecule has 1 saturated carbocycles. The van der Waals surface area contributed by atoms with Crippen LogP contribution >= 0.6 is 27.7 Å². The smallest absolute Gasteiger partial charge is 0.416 e. The van der Waals surface area contributed by atoms with E-state index in [2.05, 4.69) is 20.7 Å². The average molecular weight is 383 g/mol. The molecule has 2 nitrogen and oxygen atoms in total. The molecule has 1 fully saturated rings. The second kappa shape index (κ2) is 6.20. The summed E-state index contributed by atoms with van der Waals surface area (Å²) in [5.74, 6) is 0.464. The zero-order valence-electron chi connectivity index (χ0n) is 11.3. The molecule has 0 spiro atoms. The van der Waals surface area contributed by atoms with Crippen molar-refractivity contribution in [3.8, 4) is 0 Å². The quantitative estimate of drug-likeness (QED) is 0.534. The molecular formula is C14H14BrF3O2S. The van der Waals surface area contributed by atoms with E-state index in [1.165, 1.54) is 24.9 Å². The molecule has 21 heavy (non-hydrogen) atoms. The largest absolute Gasteiger partial charge is 0.469 e. The number of esters is 1. The van der Waals surface area contributed by atoms with Gasteiger partial charge in [0, 0.05) is 15.1 Å². The van der Waals surface area contributed by atoms with Crippen LogP contribution in [-0.2, 0) is 15.7 Å². The van der Waals surface area contributed by atoms with Gasteiger partial charge in [0.15, 0.2) is 0 Å². The number of hydrogen-bond donors (Lipinski definition) is 0. The molecule has 116 valence electrons. The van der Waals surface area contributed by atoms with Gasteiger partial charge < -0.3 is 4.74 Å². The molecule has 7 heteroatoms. The number of alkyl halides is 3. The molecule has 0 saturated heterocycles. The fourth-order valence-corrected chi connectivity index (χ4v) is 3.89. The summed E-state index contributed by atoms with van der Waals surface area (Å²) in [7, 11) is 1.36. The Morgan fingerprint density at radius 2 is 2.10 bits per heavy atom. The number of methoxy groups -OCH3 is 1. The van der Waals surface area contributed by atoms with Gasteiger partial charge in [-0.05, 0) is 52.4 Å².